The van der Waals surface area contributed by atoms with Gasteiger partial charge < -0.3 is 14.5 Å². The number of benzene rings is 2. The first-order valence-corrected chi connectivity index (χ1v) is 13.3. The molecule has 208 valence electrons. The standard InChI is InChI=1S/C29H35F2N5O3/c1-5-38-26(37)13-21-7-6-20(12-25(21)31)23-14-22(30)15-24-27(23)34-17-35-28(24)36-10-8-19(9-11-36)16-33-29(18(2)3)39-32-4/h6-7,12,14-15,17-19,29,33H,4-5,8-11,13,16H2,1-3H3. The highest BCUT2D eigenvalue weighted by molar-refractivity contribution is 5.99. The van der Waals surface area contributed by atoms with Gasteiger partial charge in [0.05, 0.1) is 18.5 Å². The van der Waals surface area contributed by atoms with Crippen LogP contribution in [-0.2, 0) is 20.8 Å². The first kappa shape index (κ1) is 28.4. The number of nitrogens with zero attached hydrogens (tertiary/aromatic N) is 4. The summed E-state index contributed by atoms with van der Waals surface area (Å²) in [5.74, 6) is -0.150. The maximum Gasteiger partial charge on any atom is 0.310 e. The lowest BCUT2D eigenvalue weighted by Gasteiger charge is -2.34. The molecule has 0 spiro atoms. The van der Waals surface area contributed by atoms with Crippen LogP contribution in [0, 0.1) is 23.5 Å². The van der Waals surface area contributed by atoms with Crippen LogP contribution in [0.1, 0.15) is 39.2 Å². The number of rotatable bonds is 11. The lowest BCUT2D eigenvalue weighted by molar-refractivity contribution is -0.142. The Balaban J connectivity index is 1.53. The summed E-state index contributed by atoms with van der Waals surface area (Å²) in [5, 5.41) is 7.56. The first-order valence-electron chi connectivity index (χ1n) is 13.3. The normalized spacial score (nSPS) is 15.0. The van der Waals surface area contributed by atoms with Crippen molar-refractivity contribution in [2.24, 2.45) is 17.0 Å². The molecule has 1 N–H and O–H groups in total. The molecule has 3 aromatic rings. The van der Waals surface area contributed by atoms with E-state index in [-0.39, 0.29) is 30.7 Å². The predicted molar refractivity (Wildman–Crippen MR) is 147 cm³/mol. The van der Waals surface area contributed by atoms with Gasteiger partial charge in [0.25, 0.3) is 0 Å². The molecule has 1 unspecified atom stereocenters. The Hall–Kier alpha value is -3.66. The molecule has 1 saturated heterocycles. The Morgan fingerprint density at radius 2 is 1.97 bits per heavy atom. The summed E-state index contributed by atoms with van der Waals surface area (Å²) in [5.41, 5.74) is 1.69. The molecule has 39 heavy (non-hydrogen) atoms. The molecular formula is C29H35F2N5O3. The van der Waals surface area contributed by atoms with E-state index in [1.165, 1.54) is 30.6 Å². The van der Waals surface area contributed by atoms with Crippen LogP contribution in [0.15, 0.2) is 41.8 Å². The van der Waals surface area contributed by atoms with E-state index < -0.39 is 17.6 Å². The summed E-state index contributed by atoms with van der Waals surface area (Å²) in [6.07, 6.45) is 2.97. The molecule has 1 fully saturated rings. The van der Waals surface area contributed by atoms with E-state index in [1.54, 1.807) is 13.0 Å². The fraction of sp³-hybridized carbons (Fsp3) is 0.448. The molecule has 2 heterocycles. The van der Waals surface area contributed by atoms with Gasteiger partial charge >= 0.3 is 5.97 Å². The second-order valence-corrected chi connectivity index (χ2v) is 10.1. The van der Waals surface area contributed by atoms with Crippen LogP contribution in [0.25, 0.3) is 22.0 Å². The molecule has 2 aromatic carbocycles. The van der Waals surface area contributed by atoms with Crippen molar-refractivity contribution < 1.29 is 23.1 Å². The van der Waals surface area contributed by atoms with Gasteiger partial charge in [-0.1, -0.05) is 26.0 Å². The second-order valence-electron chi connectivity index (χ2n) is 10.1. The molecule has 10 heteroatoms. The number of hydrogen-bond donors (Lipinski definition) is 1. The molecule has 0 amide bonds. The second kappa shape index (κ2) is 12.9. The SMILES string of the molecule is C=NOC(NCC1CCN(c2ncnc3c(-c4ccc(CC(=O)OCC)c(F)c4)cc(F)cc23)CC1)C(C)C. The van der Waals surface area contributed by atoms with E-state index in [0.29, 0.717) is 33.8 Å². The summed E-state index contributed by atoms with van der Waals surface area (Å²) in [6.45, 7) is 11.8. The van der Waals surface area contributed by atoms with Gasteiger partial charge in [-0.15, -0.1) is 5.16 Å². The molecule has 8 nitrogen and oxygen atoms in total. The van der Waals surface area contributed by atoms with Crippen molar-refractivity contribution in [2.75, 3.05) is 31.1 Å². The molecule has 1 aromatic heterocycles. The van der Waals surface area contributed by atoms with E-state index in [0.717, 1.165) is 32.5 Å². The van der Waals surface area contributed by atoms with Gasteiger partial charge in [-0.05, 0) is 55.0 Å². The molecule has 1 aliphatic rings. The third-order valence-electron chi connectivity index (χ3n) is 7.00. The summed E-state index contributed by atoms with van der Waals surface area (Å²) in [6, 6.07) is 7.28. The Labute approximate surface area is 227 Å². The van der Waals surface area contributed by atoms with Crippen LogP contribution in [0.4, 0.5) is 14.6 Å². The van der Waals surface area contributed by atoms with Crippen LogP contribution >= 0.6 is 0 Å². The molecule has 4 rings (SSSR count). The van der Waals surface area contributed by atoms with Crippen molar-refractivity contribution in [3.8, 4) is 11.1 Å². The molecule has 0 radical (unpaired) electrons. The quantitative estimate of drug-likeness (QED) is 0.157. The summed E-state index contributed by atoms with van der Waals surface area (Å²) < 4.78 is 34.7. The number of fused-ring (bicyclic) bond motifs is 1. The summed E-state index contributed by atoms with van der Waals surface area (Å²) in [7, 11) is 0. The minimum atomic E-state index is -0.558. The Kier molecular flexibility index (Phi) is 9.40. The number of halogens is 2. The van der Waals surface area contributed by atoms with E-state index in [2.05, 4.69) is 45.9 Å². The Bertz CT molecular complexity index is 1310. The van der Waals surface area contributed by atoms with E-state index in [1.807, 2.05) is 0 Å². The maximum absolute atomic E-state index is 14.9. The summed E-state index contributed by atoms with van der Waals surface area (Å²) in [4.78, 5) is 28.2. The van der Waals surface area contributed by atoms with Crippen molar-refractivity contribution in [2.45, 2.75) is 46.3 Å². The number of ether oxygens (including phenoxy) is 1. The van der Waals surface area contributed by atoms with Crippen LogP contribution in [0.2, 0.25) is 0 Å². The van der Waals surface area contributed by atoms with Crippen LogP contribution < -0.4 is 10.2 Å². The number of hydrogen-bond acceptors (Lipinski definition) is 8. The first-order chi connectivity index (χ1) is 18.8. The maximum atomic E-state index is 14.9. The lowest BCUT2D eigenvalue weighted by atomic mass is 9.95. The van der Waals surface area contributed by atoms with Crippen LogP contribution in [0.3, 0.4) is 0 Å². The number of aromatic nitrogens is 2. The zero-order chi connectivity index (χ0) is 27.9. The average Bonchev–Trinajstić information content (AvgIpc) is 2.91. The highest BCUT2D eigenvalue weighted by Gasteiger charge is 2.24. The minimum absolute atomic E-state index is 0.169. The zero-order valence-electron chi connectivity index (χ0n) is 22.6. The molecule has 1 atom stereocenters. The van der Waals surface area contributed by atoms with E-state index >= 15 is 0 Å². The number of carbonyl (C=O) groups excluding carboxylic acids is 1. The number of piperidine rings is 1. The van der Waals surface area contributed by atoms with Crippen molar-refractivity contribution in [1.82, 2.24) is 15.3 Å². The number of nitrogens with one attached hydrogen (secondary N) is 1. The fourth-order valence-electron chi connectivity index (χ4n) is 4.92. The van der Waals surface area contributed by atoms with E-state index in [4.69, 9.17) is 9.57 Å². The third kappa shape index (κ3) is 6.86. The number of esters is 1. The van der Waals surface area contributed by atoms with Gasteiger partial charge in [0.15, 0.2) is 6.23 Å². The largest absolute Gasteiger partial charge is 0.466 e. The van der Waals surface area contributed by atoms with Gasteiger partial charge in [0.2, 0.25) is 0 Å². The van der Waals surface area contributed by atoms with Crippen molar-refractivity contribution in [3.63, 3.8) is 0 Å². The molecule has 0 saturated carbocycles. The Morgan fingerprint density at radius 3 is 2.64 bits per heavy atom. The van der Waals surface area contributed by atoms with Crippen LogP contribution in [0.5, 0.6) is 0 Å². The van der Waals surface area contributed by atoms with Crippen molar-refractivity contribution >= 4 is 29.4 Å². The predicted octanol–water partition coefficient (Wildman–Crippen LogP) is 5.10. The van der Waals surface area contributed by atoms with Gasteiger partial charge in [-0.3, -0.25) is 10.1 Å². The van der Waals surface area contributed by atoms with Crippen molar-refractivity contribution in [3.05, 3.63) is 53.9 Å². The summed E-state index contributed by atoms with van der Waals surface area (Å²) >= 11 is 0. The monoisotopic (exact) mass is 539 g/mol. The molecule has 0 aliphatic carbocycles. The molecular weight excluding hydrogens is 504 g/mol. The number of anilines is 1. The molecule has 1 aliphatic heterocycles. The lowest BCUT2D eigenvalue weighted by Crippen LogP contribution is -2.42. The Morgan fingerprint density at radius 1 is 1.21 bits per heavy atom. The molecule has 0 bridgehead atoms. The zero-order valence-corrected chi connectivity index (χ0v) is 22.6. The average molecular weight is 540 g/mol. The van der Waals surface area contributed by atoms with Gasteiger partial charge in [0.1, 0.15) is 23.8 Å². The topological polar surface area (TPSA) is 88.9 Å². The fourth-order valence-corrected chi connectivity index (χ4v) is 4.92. The smallest absolute Gasteiger partial charge is 0.310 e. The number of oxime groups is 1. The van der Waals surface area contributed by atoms with Crippen molar-refractivity contribution in [1.29, 1.82) is 0 Å². The minimum Gasteiger partial charge on any atom is -0.466 e. The van der Waals surface area contributed by atoms with E-state index in [9.17, 15) is 13.6 Å². The highest BCUT2D eigenvalue weighted by Crippen LogP contribution is 2.34. The van der Waals surface area contributed by atoms with Crippen LogP contribution in [-0.4, -0.2) is 55.1 Å². The third-order valence-corrected chi connectivity index (χ3v) is 7.00. The van der Waals surface area contributed by atoms with Gasteiger partial charge in [0, 0.05) is 43.2 Å². The van der Waals surface area contributed by atoms with Gasteiger partial charge in [-0.25, -0.2) is 18.7 Å². The highest BCUT2D eigenvalue weighted by atomic mass is 19.1. The number of carbonyl (C=O) groups is 1. The van der Waals surface area contributed by atoms with Gasteiger partial charge in [-0.2, -0.15) is 0 Å².